The summed E-state index contributed by atoms with van der Waals surface area (Å²) in [7, 11) is 1.91. The molecule has 2 aromatic heterocycles. The molecule has 3 heterocycles. The van der Waals surface area contributed by atoms with Crippen LogP contribution < -0.4 is 0 Å². The topological polar surface area (TPSA) is 95.3 Å². The van der Waals surface area contributed by atoms with Gasteiger partial charge in [-0.2, -0.15) is 5.10 Å². The highest BCUT2D eigenvalue weighted by Crippen LogP contribution is 2.30. The lowest BCUT2D eigenvalue weighted by molar-refractivity contribution is 0.0687. The molecule has 0 unspecified atom stereocenters. The largest absolute Gasteiger partial charge is 0.361 e. The minimum absolute atomic E-state index is 0.0276. The zero-order chi connectivity index (χ0) is 21.8. The number of amides is 2. The third kappa shape index (κ3) is 4.67. The SMILES string of the molecule is CCCc1cc(C(=O)N2CCC[C@@H](c3[nH]ncc3C(=O)N(C)C3CCCCC3)C2)no1. The van der Waals surface area contributed by atoms with Crippen LogP contribution in [-0.2, 0) is 6.42 Å². The van der Waals surface area contributed by atoms with E-state index in [1.54, 1.807) is 12.3 Å². The van der Waals surface area contributed by atoms with Crippen LogP contribution >= 0.6 is 0 Å². The summed E-state index contributed by atoms with van der Waals surface area (Å²) in [6, 6.07) is 2.05. The number of carbonyl (C=O) groups is 2. The van der Waals surface area contributed by atoms with Gasteiger partial charge in [-0.05, 0) is 32.1 Å². The third-order valence-corrected chi connectivity index (χ3v) is 6.73. The van der Waals surface area contributed by atoms with Crippen molar-refractivity contribution in [1.29, 1.82) is 0 Å². The van der Waals surface area contributed by atoms with Crippen molar-refractivity contribution >= 4 is 11.8 Å². The van der Waals surface area contributed by atoms with Crippen molar-refractivity contribution in [3.8, 4) is 0 Å². The summed E-state index contributed by atoms with van der Waals surface area (Å²) in [5.41, 5.74) is 1.85. The molecule has 1 saturated heterocycles. The number of nitrogens with zero attached hydrogens (tertiary/aromatic N) is 4. The lowest BCUT2D eigenvalue weighted by Crippen LogP contribution is -2.41. The third-order valence-electron chi connectivity index (χ3n) is 6.73. The Morgan fingerprint density at radius 1 is 1.23 bits per heavy atom. The molecule has 8 heteroatoms. The van der Waals surface area contributed by atoms with E-state index in [1.165, 1.54) is 19.3 Å². The van der Waals surface area contributed by atoms with Gasteiger partial charge in [0.15, 0.2) is 5.69 Å². The van der Waals surface area contributed by atoms with Gasteiger partial charge in [0.1, 0.15) is 5.76 Å². The highest BCUT2D eigenvalue weighted by Gasteiger charge is 2.32. The fourth-order valence-corrected chi connectivity index (χ4v) is 4.94. The van der Waals surface area contributed by atoms with Crippen LogP contribution in [0.4, 0.5) is 0 Å². The van der Waals surface area contributed by atoms with Crippen LogP contribution in [0.15, 0.2) is 16.8 Å². The van der Waals surface area contributed by atoms with E-state index in [0.29, 0.717) is 30.4 Å². The fourth-order valence-electron chi connectivity index (χ4n) is 4.94. The standard InChI is InChI=1S/C23H33N5O3/c1-3-8-18-13-20(26-31-18)23(30)28-12-7-9-16(15-28)21-19(14-24-25-21)22(29)27(2)17-10-5-4-6-11-17/h13-14,16-17H,3-12,15H2,1-2H3,(H,24,25)/t16-/m1/s1. The number of aromatic nitrogens is 3. The first-order valence-electron chi connectivity index (χ1n) is 11.6. The summed E-state index contributed by atoms with van der Waals surface area (Å²) < 4.78 is 5.29. The van der Waals surface area contributed by atoms with Crippen LogP contribution in [0.3, 0.4) is 0 Å². The highest BCUT2D eigenvalue weighted by molar-refractivity contribution is 5.95. The lowest BCUT2D eigenvalue weighted by atomic mass is 9.91. The zero-order valence-electron chi connectivity index (χ0n) is 18.6. The molecule has 2 amide bonds. The van der Waals surface area contributed by atoms with Crippen molar-refractivity contribution in [2.45, 2.75) is 76.7 Å². The smallest absolute Gasteiger partial charge is 0.276 e. The maximum Gasteiger partial charge on any atom is 0.276 e. The van der Waals surface area contributed by atoms with Gasteiger partial charge in [0, 0.05) is 44.6 Å². The van der Waals surface area contributed by atoms with E-state index >= 15 is 0 Å². The Morgan fingerprint density at radius 2 is 2.03 bits per heavy atom. The quantitative estimate of drug-likeness (QED) is 0.757. The molecule has 1 atom stereocenters. The molecule has 1 saturated carbocycles. The molecule has 2 fully saturated rings. The minimum Gasteiger partial charge on any atom is -0.361 e. The average Bonchev–Trinajstić information content (AvgIpc) is 3.48. The van der Waals surface area contributed by atoms with E-state index in [2.05, 4.69) is 22.3 Å². The zero-order valence-corrected chi connectivity index (χ0v) is 18.6. The minimum atomic E-state index is -0.109. The van der Waals surface area contributed by atoms with Crippen LogP contribution in [0.1, 0.15) is 96.5 Å². The van der Waals surface area contributed by atoms with Gasteiger partial charge in [0.2, 0.25) is 0 Å². The second-order valence-electron chi connectivity index (χ2n) is 8.92. The van der Waals surface area contributed by atoms with Crippen LogP contribution in [0, 0.1) is 0 Å². The van der Waals surface area contributed by atoms with Crippen LogP contribution in [0.2, 0.25) is 0 Å². The lowest BCUT2D eigenvalue weighted by Gasteiger charge is -2.33. The molecule has 4 rings (SSSR count). The number of aromatic amines is 1. The first-order valence-corrected chi connectivity index (χ1v) is 11.6. The number of aryl methyl sites for hydroxylation is 1. The molecule has 1 N–H and O–H groups in total. The second kappa shape index (κ2) is 9.66. The predicted molar refractivity (Wildman–Crippen MR) is 116 cm³/mol. The molecule has 0 aromatic carbocycles. The van der Waals surface area contributed by atoms with Gasteiger partial charge in [0.25, 0.3) is 11.8 Å². The molecule has 31 heavy (non-hydrogen) atoms. The Balaban J connectivity index is 1.45. The first kappa shape index (κ1) is 21.6. The highest BCUT2D eigenvalue weighted by atomic mass is 16.5. The summed E-state index contributed by atoms with van der Waals surface area (Å²) in [5.74, 6) is 0.717. The fraction of sp³-hybridized carbons (Fsp3) is 0.652. The number of H-pyrrole nitrogens is 1. The van der Waals surface area contributed by atoms with Gasteiger partial charge >= 0.3 is 0 Å². The van der Waals surface area contributed by atoms with E-state index in [1.807, 2.05) is 16.8 Å². The normalized spacial score (nSPS) is 20.1. The number of hydrogen-bond donors (Lipinski definition) is 1. The number of carbonyl (C=O) groups excluding carboxylic acids is 2. The molecule has 1 aliphatic carbocycles. The molecular weight excluding hydrogens is 394 g/mol. The van der Waals surface area contributed by atoms with E-state index in [-0.39, 0.29) is 17.7 Å². The van der Waals surface area contributed by atoms with Crippen molar-refractivity contribution in [3.05, 3.63) is 35.0 Å². The summed E-state index contributed by atoms with van der Waals surface area (Å²) >= 11 is 0. The van der Waals surface area contributed by atoms with E-state index in [9.17, 15) is 9.59 Å². The molecule has 1 aliphatic heterocycles. The van der Waals surface area contributed by atoms with Crippen molar-refractivity contribution < 1.29 is 14.1 Å². The maximum absolute atomic E-state index is 13.2. The Hall–Kier alpha value is -2.64. The van der Waals surface area contributed by atoms with Gasteiger partial charge < -0.3 is 14.3 Å². The molecular formula is C23H33N5O3. The molecule has 168 valence electrons. The van der Waals surface area contributed by atoms with E-state index < -0.39 is 0 Å². The summed E-state index contributed by atoms with van der Waals surface area (Å²) in [5, 5.41) is 11.2. The van der Waals surface area contributed by atoms with Gasteiger partial charge in [-0.3, -0.25) is 14.7 Å². The van der Waals surface area contributed by atoms with E-state index in [0.717, 1.165) is 50.0 Å². The average molecular weight is 428 g/mol. The van der Waals surface area contributed by atoms with Crippen LogP contribution in [0.5, 0.6) is 0 Å². The van der Waals surface area contributed by atoms with Crippen molar-refractivity contribution in [1.82, 2.24) is 25.2 Å². The monoisotopic (exact) mass is 427 g/mol. The van der Waals surface area contributed by atoms with Crippen molar-refractivity contribution in [2.75, 3.05) is 20.1 Å². The van der Waals surface area contributed by atoms with Crippen molar-refractivity contribution in [3.63, 3.8) is 0 Å². The summed E-state index contributed by atoms with van der Waals surface area (Å²) in [6.07, 6.45) is 10.9. The predicted octanol–water partition coefficient (Wildman–Crippen LogP) is 3.77. The number of nitrogens with one attached hydrogen (secondary N) is 1. The van der Waals surface area contributed by atoms with Crippen molar-refractivity contribution in [2.24, 2.45) is 0 Å². The summed E-state index contributed by atoms with van der Waals surface area (Å²) in [4.78, 5) is 29.9. The van der Waals surface area contributed by atoms with Gasteiger partial charge in [0.05, 0.1) is 17.5 Å². The molecule has 2 aliphatic rings. The van der Waals surface area contributed by atoms with Crippen LogP contribution in [-0.4, -0.2) is 63.1 Å². The van der Waals surface area contributed by atoms with Gasteiger partial charge in [-0.15, -0.1) is 0 Å². The Kier molecular flexibility index (Phi) is 6.73. The molecule has 8 nitrogen and oxygen atoms in total. The van der Waals surface area contributed by atoms with Gasteiger partial charge in [-0.25, -0.2) is 0 Å². The Labute approximate surface area is 183 Å². The van der Waals surface area contributed by atoms with Gasteiger partial charge in [-0.1, -0.05) is 31.3 Å². The molecule has 0 spiro atoms. The first-order chi connectivity index (χ1) is 15.1. The number of hydrogen-bond acceptors (Lipinski definition) is 5. The molecule has 0 bridgehead atoms. The number of rotatable bonds is 6. The Bertz CT molecular complexity index is 899. The van der Waals surface area contributed by atoms with E-state index in [4.69, 9.17) is 4.52 Å². The second-order valence-corrected chi connectivity index (χ2v) is 8.92. The molecule has 0 radical (unpaired) electrons. The number of likely N-dealkylation sites (tertiary alicyclic amines) is 1. The number of piperidine rings is 1. The van der Waals surface area contributed by atoms with Crippen LogP contribution in [0.25, 0.3) is 0 Å². The maximum atomic E-state index is 13.2. The Morgan fingerprint density at radius 3 is 2.81 bits per heavy atom. The molecule has 2 aromatic rings. The summed E-state index contributed by atoms with van der Waals surface area (Å²) in [6.45, 7) is 3.29.